The summed E-state index contributed by atoms with van der Waals surface area (Å²) in [5.74, 6) is -0.307. The van der Waals surface area contributed by atoms with E-state index in [1.807, 2.05) is 0 Å². The summed E-state index contributed by atoms with van der Waals surface area (Å²) in [5.41, 5.74) is 0.728. The topological polar surface area (TPSA) is 38.3 Å². The van der Waals surface area contributed by atoms with Gasteiger partial charge < -0.3 is 10.1 Å². The minimum atomic E-state index is -0.450. The second kappa shape index (κ2) is 3.05. The highest BCUT2D eigenvalue weighted by atomic mass is 19.1. The van der Waals surface area contributed by atoms with Crippen LogP contribution in [0.1, 0.15) is 11.6 Å². The van der Waals surface area contributed by atoms with Crippen molar-refractivity contribution in [1.82, 2.24) is 5.32 Å². The predicted molar refractivity (Wildman–Crippen MR) is 43.6 cm³/mol. The highest BCUT2D eigenvalue weighted by Crippen LogP contribution is 2.18. The van der Waals surface area contributed by atoms with E-state index in [2.05, 4.69) is 10.1 Å². The van der Waals surface area contributed by atoms with Gasteiger partial charge in [0.25, 0.3) is 0 Å². The summed E-state index contributed by atoms with van der Waals surface area (Å²) in [6, 6.07) is 5.89. The first-order valence-corrected chi connectivity index (χ1v) is 3.94. The van der Waals surface area contributed by atoms with E-state index in [1.54, 1.807) is 12.1 Å². The number of carbonyl (C=O) groups excluding carboxylic acids is 1. The molecular formula is C9H8FNO2. The van der Waals surface area contributed by atoms with Crippen LogP contribution < -0.4 is 5.32 Å². The fourth-order valence-electron chi connectivity index (χ4n) is 1.29. The maximum atomic E-state index is 12.8. The summed E-state index contributed by atoms with van der Waals surface area (Å²) in [5, 5.41) is 2.57. The average Bonchev–Trinajstić information content (AvgIpc) is 2.52. The lowest BCUT2D eigenvalue weighted by Gasteiger charge is -2.06. The summed E-state index contributed by atoms with van der Waals surface area (Å²) in [6.07, 6.45) is -0.450. The van der Waals surface area contributed by atoms with Crippen molar-refractivity contribution in [3.63, 3.8) is 0 Å². The lowest BCUT2D eigenvalue weighted by molar-refractivity contribution is 0.177. The third-order valence-corrected chi connectivity index (χ3v) is 1.92. The molecule has 0 aromatic heterocycles. The molecular weight excluding hydrogens is 173 g/mol. The van der Waals surface area contributed by atoms with Gasteiger partial charge in [0.15, 0.2) is 0 Å². The quantitative estimate of drug-likeness (QED) is 0.714. The number of rotatable bonds is 1. The number of alkyl carbamates (subject to hydrolysis) is 1. The molecule has 0 aliphatic carbocycles. The highest BCUT2D eigenvalue weighted by Gasteiger charge is 2.23. The second-order valence-electron chi connectivity index (χ2n) is 2.85. The van der Waals surface area contributed by atoms with Gasteiger partial charge in [-0.15, -0.1) is 0 Å². The molecule has 0 radical (unpaired) electrons. The van der Waals surface area contributed by atoms with Crippen molar-refractivity contribution in [3.05, 3.63) is 35.6 Å². The molecule has 1 aromatic rings. The molecule has 0 bridgehead atoms. The molecule has 1 amide bonds. The minimum absolute atomic E-state index is 0.219. The maximum absolute atomic E-state index is 12.8. The molecule has 1 N–H and O–H groups in total. The molecule has 1 aliphatic heterocycles. The van der Waals surface area contributed by atoms with Crippen molar-refractivity contribution in [3.8, 4) is 0 Å². The summed E-state index contributed by atoms with van der Waals surface area (Å²) >= 11 is 0. The molecule has 13 heavy (non-hydrogen) atoms. The molecule has 1 aromatic carbocycles. The Bertz CT molecular complexity index is 340. The van der Waals surface area contributed by atoms with Gasteiger partial charge in [0.1, 0.15) is 12.4 Å². The molecule has 0 saturated carbocycles. The Morgan fingerprint density at radius 3 is 3.00 bits per heavy atom. The fourth-order valence-corrected chi connectivity index (χ4v) is 1.29. The zero-order chi connectivity index (χ0) is 9.26. The summed E-state index contributed by atoms with van der Waals surface area (Å²) in [6.45, 7) is 0.266. The van der Waals surface area contributed by atoms with Crippen LogP contribution in [-0.4, -0.2) is 12.7 Å². The fraction of sp³-hybridized carbons (Fsp3) is 0.222. The third kappa shape index (κ3) is 1.61. The van der Waals surface area contributed by atoms with Crippen LogP contribution >= 0.6 is 0 Å². The first kappa shape index (κ1) is 8.04. The van der Waals surface area contributed by atoms with Crippen LogP contribution in [0.5, 0.6) is 0 Å². The van der Waals surface area contributed by atoms with E-state index in [9.17, 15) is 9.18 Å². The van der Waals surface area contributed by atoms with Crippen molar-refractivity contribution in [2.24, 2.45) is 0 Å². The smallest absolute Gasteiger partial charge is 0.407 e. The van der Waals surface area contributed by atoms with Gasteiger partial charge in [-0.2, -0.15) is 0 Å². The van der Waals surface area contributed by atoms with E-state index >= 15 is 0 Å². The standard InChI is InChI=1S/C9H8FNO2/c10-7-3-1-2-6(4-7)8-5-13-9(12)11-8/h1-4,8H,5H2,(H,11,12)/t8-/m1/s1. The summed E-state index contributed by atoms with van der Waals surface area (Å²) in [7, 11) is 0. The van der Waals surface area contributed by atoms with E-state index in [1.165, 1.54) is 12.1 Å². The molecule has 0 spiro atoms. The molecule has 1 aliphatic rings. The van der Waals surface area contributed by atoms with Gasteiger partial charge in [0.05, 0.1) is 6.04 Å². The molecule has 68 valence electrons. The summed E-state index contributed by atoms with van der Waals surface area (Å²) < 4.78 is 17.5. The molecule has 1 fully saturated rings. The van der Waals surface area contributed by atoms with Gasteiger partial charge in [-0.1, -0.05) is 12.1 Å². The molecule has 4 heteroatoms. The van der Waals surface area contributed by atoms with Gasteiger partial charge in [-0.05, 0) is 17.7 Å². The Balaban J connectivity index is 2.21. The zero-order valence-corrected chi connectivity index (χ0v) is 6.79. The van der Waals surface area contributed by atoms with Crippen LogP contribution in [0.2, 0.25) is 0 Å². The zero-order valence-electron chi connectivity index (χ0n) is 6.79. The minimum Gasteiger partial charge on any atom is -0.447 e. The summed E-state index contributed by atoms with van der Waals surface area (Å²) in [4.78, 5) is 10.7. The van der Waals surface area contributed by atoms with E-state index in [0.29, 0.717) is 0 Å². The van der Waals surface area contributed by atoms with Crippen LogP contribution in [0.3, 0.4) is 0 Å². The highest BCUT2D eigenvalue weighted by molar-refractivity contribution is 5.70. The van der Waals surface area contributed by atoms with E-state index in [-0.39, 0.29) is 18.5 Å². The Kier molecular flexibility index (Phi) is 1.88. The molecule has 1 atom stereocenters. The van der Waals surface area contributed by atoms with Gasteiger partial charge in [-0.25, -0.2) is 9.18 Å². The van der Waals surface area contributed by atoms with Gasteiger partial charge in [-0.3, -0.25) is 0 Å². The molecule has 2 rings (SSSR count). The van der Waals surface area contributed by atoms with Crippen LogP contribution in [0, 0.1) is 5.82 Å². The van der Waals surface area contributed by atoms with Crippen molar-refractivity contribution < 1.29 is 13.9 Å². The van der Waals surface area contributed by atoms with Gasteiger partial charge in [0.2, 0.25) is 0 Å². The number of amides is 1. The SMILES string of the molecule is O=C1N[C@@H](c2cccc(F)c2)CO1. The lowest BCUT2D eigenvalue weighted by Crippen LogP contribution is -2.18. The number of hydrogen-bond donors (Lipinski definition) is 1. The van der Waals surface area contributed by atoms with Gasteiger partial charge in [0, 0.05) is 0 Å². The van der Waals surface area contributed by atoms with E-state index < -0.39 is 6.09 Å². The van der Waals surface area contributed by atoms with Crippen molar-refractivity contribution >= 4 is 6.09 Å². The van der Waals surface area contributed by atoms with Crippen LogP contribution in [0.4, 0.5) is 9.18 Å². The number of halogens is 1. The van der Waals surface area contributed by atoms with E-state index in [4.69, 9.17) is 0 Å². The lowest BCUT2D eigenvalue weighted by atomic mass is 10.1. The van der Waals surface area contributed by atoms with Crippen LogP contribution in [0.15, 0.2) is 24.3 Å². The normalized spacial score (nSPS) is 21.0. The molecule has 1 heterocycles. The number of nitrogens with one attached hydrogen (secondary N) is 1. The number of ether oxygens (including phenoxy) is 1. The van der Waals surface area contributed by atoms with Gasteiger partial charge >= 0.3 is 6.09 Å². The maximum Gasteiger partial charge on any atom is 0.407 e. The number of hydrogen-bond acceptors (Lipinski definition) is 2. The Morgan fingerprint density at radius 1 is 1.54 bits per heavy atom. The Morgan fingerprint density at radius 2 is 2.38 bits per heavy atom. The predicted octanol–water partition coefficient (Wildman–Crippen LogP) is 1.61. The van der Waals surface area contributed by atoms with Crippen molar-refractivity contribution in [2.75, 3.05) is 6.61 Å². The number of cyclic esters (lactones) is 1. The Labute approximate surface area is 74.5 Å². The molecule has 3 nitrogen and oxygen atoms in total. The molecule has 0 unspecified atom stereocenters. The van der Waals surface area contributed by atoms with Crippen molar-refractivity contribution in [2.45, 2.75) is 6.04 Å². The second-order valence-corrected chi connectivity index (χ2v) is 2.85. The van der Waals surface area contributed by atoms with Crippen LogP contribution in [0.25, 0.3) is 0 Å². The Hall–Kier alpha value is -1.58. The molecule has 1 saturated heterocycles. The third-order valence-electron chi connectivity index (χ3n) is 1.92. The number of benzene rings is 1. The largest absolute Gasteiger partial charge is 0.447 e. The first-order valence-electron chi connectivity index (χ1n) is 3.94. The van der Waals surface area contributed by atoms with Crippen LogP contribution in [-0.2, 0) is 4.74 Å². The van der Waals surface area contributed by atoms with Crippen molar-refractivity contribution in [1.29, 1.82) is 0 Å². The first-order chi connectivity index (χ1) is 6.25. The number of carbonyl (C=O) groups is 1. The monoisotopic (exact) mass is 181 g/mol. The van der Waals surface area contributed by atoms with E-state index in [0.717, 1.165) is 5.56 Å². The average molecular weight is 181 g/mol.